The Hall–Kier alpha value is -0.680. The minimum absolute atomic E-state index is 3.31. The Morgan fingerprint density at radius 2 is 1.67 bits per heavy atom. The molecule has 0 spiro atoms. The van der Waals surface area contributed by atoms with Crippen molar-refractivity contribution in [2.75, 3.05) is 0 Å². The first-order chi connectivity index (χ1) is 3.89. The van der Waals surface area contributed by atoms with Crippen molar-refractivity contribution in [3.63, 3.8) is 0 Å². The Labute approximate surface area is 46.5 Å². The Bertz CT molecular complexity index is 119. The van der Waals surface area contributed by atoms with E-state index in [1.807, 2.05) is 0 Å². The summed E-state index contributed by atoms with van der Waals surface area (Å²) in [6.07, 6.45) is -4.27. The SMILES string of the molecule is O=C(F)C(F)(F)C(F)F. The van der Waals surface area contributed by atoms with Crippen LogP contribution in [0.2, 0.25) is 0 Å². The van der Waals surface area contributed by atoms with Crippen molar-refractivity contribution < 1.29 is 26.7 Å². The van der Waals surface area contributed by atoms with Crippen molar-refractivity contribution in [1.82, 2.24) is 0 Å². The lowest BCUT2D eigenvalue weighted by molar-refractivity contribution is -0.178. The number of carbonyl (C=O) groups excluding carboxylic acids is 1. The quantitative estimate of drug-likeness (QED) is 0.427. The van der Waals surface area contributed by atoms with Crippen LogP contribution in [0.25, 0.3) is 0 Å². The number of halogens is 5. The lowest BCUT2D eigenvalue weighted by Crippen LogP contribution is -2.33. The summed E-state index contributed by atoms with van der Waals surface area (Å²) in [7, 11) is 0. The molecule has 0 saturated carbocycles. The largest absolute Gasteiger partial charge is 0.395 e. The molecule has 9 heavy (non-hydrogen) atoms. The smallest absolute Gasteiger partial charge is 0.254 e. The van der Waals surface area contributed by atoms with E-state index in [0.717, 1.165) is 0 Å². The van der Waals surface area contributed by atoms with Gasteiger partial charge in [-0.2, -0.15) is 13.2 Å². The summed E-state index contributed by atoms with van der Waals surface area (Å²) >= 11 is 0. The molecule has 0 saturated heterocycles. The molecule has 0 amide bonds. The highest BCUT2D eigenvalue weighted by Crippen LogP contribution is 2.23. The molecule has 0 fully saturated rings. The molecule has 0 rings (SSSR count). The first-order valence-corrected chi connectivity index (χ1v) is 1.75. The van der Waals surface area contributed by atoms with Crippen LogP contribution in [0.15, 0.2) is 0 Å². The molecular weight excluding hydrogens is 147 g/mol. The Morgan fingerprint density at radius 1 is 1.33 bits per heavy atom. The summed E-state index contributed by atoms with van der Waals surface area (Å²) in [5.41, 5.74) is 0. The van der Waals surface area contributed by atoms with E-state index in [1.165, 1.54) is 0 Å². The standard InChI is InChI=1S/C3HF5O/c4-1(5)3(7,8)2(6)9/h1H. The fourth-order valence-electron chi connectivity index (χ4n) is 0.0858. The molecule has 0 N–H and O–H groups in total. The van der Waals surface area contributed by atoms with Gasteiger partial charge in [0.1, 0.15) is 0 Å². The van der Waals surface area contributed by atoms with Gasteiger partial charge in [-0.3, -0.25) is 4.79 Å². The van der Waals surface area contributed by atoms with Gasteiger partial charge in [0.25, 0.3) is 0 Å². The molecule has 0 aliphatic rings. The fourth-order valence-corrected chi connectivity index (χ4v) is 0.0858. The normalized spacial score (nSPS) is 12.2. The van der Waals surface area contributed by atoms with E-state index in [-0.39, 0.29) is 0 Å². The van der Waals surface area contributed by atoms with Gasteiger partial charge < -0.3 is 0 Å². The van der Waals surface area contributed by atoms with E-state index < -0.39 is 18.4 Å². The molecule has 0 aliphatic heterocycles. The summed E-state index contributed by atoms with van der Waals surface area (Å²) in [4.78, 5) is 9.01. The van der Waals surface area contributed by atoms with Crippen molar-refractivity contribution in [2.24, 2.45) is 0 Å². The first-order valence-electron chi connectivity index (χ1n) is 1.75. The Balaban J connectivity index is 4.19. The number of carbonyl (C=O) groups is 1. The molecule has 0 aromatic carbocycles. The van der Waals surface area contributed by atoms with Gasteiger partial charge in [0.2, 0.25) is 0 Å². The second kappa shape index (κ2) is 2.28. The van der Waals surface area contributed by atoms with Crippen molar-refractivity contribution in [3.8, 4) is 0 Å². The second-order valence-corrected chi connectivity index (χ2v) is 1.20. The molecular formula is C3HF5O. The minimum Gasteiger partial charge on any atom is -0.254 e. The number of rotatable bonds is 2. The molecule has 0 aromatic heterocycles. The average Bonchev–Trinajstić information content (AvgIpc) is 1.65. The van der Waals surface area contributed by atoms with Gasteiger partial charge in [-0.25, -0.2) is 8.78 Å². The summed E-state index contributed by atoms with van der Waals surface area (Å²) in [6, 6.07) is -3.31. The Kier molecular flexibility index (Phi) is 2.11. The van der Waals surface area contributed by atoms with E-state index in [2.05, 4.69) is 0 Å². The van der Waals surface area contributed by atoms with Crippen LogP contribution >= 0.6 is 0 Å². The van der Waals surface area contributed by atoms with Crippen LogP contribution in [-0.4, -0.2) is 18.4 Å². The van der Waals surface area contributed by atoms with E-state index in [9.17, 15) is 22.0 Å². The predicted molar refractivity (Wildman–Crippen MR) is 17.1 cm³/mol. The maximum atomic E-state index is 11.2. The number of hydrogen-bond donors (Lipinski definition) is 0. The third-order valence-corrected chi connectivity index (χ3v) is 0.536. The van der Waals surface area contributed by atoms with Crippen LogP contribution < -0.4 is 0 Å². The van der Waals surface area contributed by atoms with Crippen molar-refractivity contribution in [1.29, 1.82) is 0 Å². The molecule has 0 unspecified atom stereocenters. The third kappa shape index (κ3) is 1.62. The van der Waals surface area contributed by atoms with Crippen LogP contribution in [0.1, 0.15) is 0 Å². The third-order valence-electron chi connectivity index (χ3n) is 0.536. The molecule has 1 nitrogen and oxygen atoms in total. The van der Waals surface area contributed by atoms with E-state index >= 15 is 0 Å². The van der Waals surface area contributed by atoms with Gasteiger partial charge >= 0.3 is 18.4 Å². The zero-order chi connectivity index (χ0) is 7.65. The number of alkyl halides is 4. The highest BCUT2D eigenvalue weighted by molar-refractivity contribution is 5.76. The lowest BCUT2D eigenvalue weighted by atomic mass is 10.4. The molecule has 0 atom stereocenters. The van der Waals surface area contributed by atoms with Gasteiger partial charge in [-0.05, 0) is 0 Å². The van der Waals surface area contributed by atoms with Gasteiger partial charge in [0, 0.05) is 0 Å². The van der Waals surface area contributed by atoms with Crippen molar-refractivity contribution in [2.45, 2.75) is 12.3 Å². The van der Waals surface area contributed by atoms with Gasteiger partial charge in [0.05, 0.1) is 0 Å². The maximum Gasteiger partial charge on any atom is 0.395 e. The summed E-state index contributed by atoms with van der Waals surface area (Å²) < 4.78 is 55.0. The van der Waals surface area contributed by atoms with Gasteiger partial charge in [-0.1, -0.05) is 0 Å². The molecule has 0 radical (unpaired) electrons. The Morgan fingerprint density at radius 3 is 1.67 bits per heavy atom. The van der Waals surface area contributed by atoms with E-state index in [0.29, 0.717) is 0 Å². The summed E-state index contributed by atoms with van der Waals surface area (Å²) in [5.74, 6) is -5.14. The van der Waals surface area contributed by atoms with Crippen molar-refractivity contribution >= 4 is 6.04 Å². The second-order valence-electron chi connectivity index (χ2n) is 1.20. The monoisotopic (exact) mass is 148 g/mol. The fraction of sp³-hybridized carbons (Fsp3) is 0.667. The highest BCUT2D eigenvalue weighted by Gasteiger charge is 2.49. The average molecular weight is 148 g/mol. The summed E-state index contributed by atoms with van der Waals surface area (Å²) in [5, 5.41) is 0. The predicted octanol–water partition coefficient (Wildman–Crippen LogP) is 1.38. The first kappa shape index (κ1) is 8.32. The maximum absolute atomic E-state index is 11.2. The molecule has 0 aromatic rings. The number of hydrogen-bond acceptors (Lipinski definition) is 1. The van der Waals surface area contributed by atoms with Crippen molar-refractivity contribution in [3.05, 3.63) is 0 Å². The van der Waals surface area contributed by atoms with Gasteiger partial charge in [0.15, 0.2) is 0 Å². The zero-order valence-corrected chi connectivity index (χ0v) is 3.88. The van der Waals surface area contributed by atoms with Crippen LogP contribution in [-0.2, 0) is 4.79 Å². The van der Waals surface area contributed by atoms with Crippen LogP contribution in [0.4, 0.5) is 22.0 Å². The molecule has 0 heterocycles. The van der Waals surface area contributed by atoms with Crippen LogP contribution in [0.5, 0.6) is 0 Å². The highest BCUT2D eigenvalue weighted by atomic mass is 19.3. The lowest BCUT2D eigenvalue weighted by Gasteiger charge is -2.06. The molecule has 6 heteroatoms. The summed E-state index contributed by atoms with van der Waals surface area (Å²) in [6.45, 7) is 0. The van der Waals surface area contributed by atoms with E-state index in [1.54, 1.807) is 0 Å². The molecule has 0 aliphatic carbocycles. The molecule has 54 valence electrons. The van der Waals surface area contributed by atoms with E-state index in [4.69, 9.17) is 4.79 Å². The van der Waals surface area contributed by atoms with Crippen LogP contribution in [0.3, 0.4) is 0 Å². The molecule has 0 bridgehead atoms. The van der Waals surface area contributed by atoms with Gasteiger partial charge in [-0.15, -0.1) is 0 Å². The zero-order valence-electron chi connectivity index (χ0n) is 3.88. The minimum atomic E-state index is -5.14. The topological polar surface area (TPSA) is 17.1 Å². The van der Waals surface area contributed by atoms with Crippen LogP contribution in [0, 0.1) is 0 Å².